The van der Waals surface area contributed by atoms with Crippen LogP contribution in [0.15, 0.2) is 24.3 Å². The van der Waals surface area contributed by atoms with Gasteiger partial charge in [-0.25, -0.2) is 0 Å². The maximum atomic E-state index is 12.5. The Balaban J connectivity index is 1.61. The van der Waals surface area contributed by atoms with Crippen LogP contribution in [0.4, 0.5) is 5.69 Å². The molecule has 1 aromatic heterocycles. The van der Waals surface area contributed by atoms with E-state index in [0.717, 1.165) is 36.5 Å². The molecule has 5 heteroatoms. The van der Waals surface area contributed by atoms with E-state index in [4.69, 9.17) is 0 Å². The molecule has 0 bridgehead atoms. The number of amides is 1. The third-order valence-corrected chi connectivity index (χ3v) is 4.99. The van der Waals surface area contributed by atoms with Gasteiger partial charge in [0.25, 0.3) is 0 Å². The minimum absolute atomic E-state index is 0.0234. The number of hydrogen-bond donors (Lipinski definition) is 1. The molecule has 0 aliphatic heterocycles. The van der Waals surface area contributed by atoms with Crippen molar-refractivity contribution < 1.29 is 4.79 Å². The van der Waals surface area contributed by atoms with Gasteiger partial charge in [-0.05, 0) is 51.8 Å². The number of anilines is 1. The summed E-state index contributed by atoms with van der Waals surface area (Å²) >= 11 is 0. The Hall–Kier alpha value is -2.14. The topological polar surface area (TPSA) is 50.2 Å². The molecule has 1 N–H and O–H groups in total. The number of aromatic nitrogens is 2. The lowest BCUT2D eigenvalue weighted by atomic mass is 10.1. The average Bonchev–Trinajstić information content (AvgIpc) is 3.11. The Morgan fingerprint density at radius 3 is 2.46 bits per heavy atom. The first-order valence-electron chi connectivity index (χ1n) is 8.60. The van der Waals surface area contributed by atoms with Crippen LogP contribution in [0.5, 0.6) is 0 Å². The summed E-state index contributed by atoms with van der Waals surface area (Å²) in [6.07, 6.45) is 2.04. The molecule has 24 heavy (non-hydrogen) atoms. The van der Waals surface area contributed by atoms with Crippen molar-refractivity contribution in [1.29, 1.82) is 0 Å². The summed E-state index contributed by atoms with van der Waals surface area (Å²) in [5.74, 6) is 0.0234. The van der Waals surface area contributed by atoms with Crippen LogP contribution in [0.1, 0.15) is 29.4 Å². The number of benzene rings is 1. The third kappa shape index (κ3) is 3.22. The normalized spacial score (nSPS) is 14.2. The highest BCUT2D eigenvalue weighted by Crippen LogP contribution is 2.25. The van der Waals surface area contributed by atoms with Crippen LogP contribution in [0.25, 0.3) is 0 Å². The maximum Gasteiger partial charge on any atom is 0.238 e. The predicted molar refractivity (Wildman–Crippen MR) is 96.3 cm³/mol. The molecule has 0 radical (unpaired) electrons. The molecule has 0 saturated heterocycles. The van der Waals surface area contributed by atoms with Gasteiger partial charge in [0.2, 0.25) is 5.91 Å². The van der Waals surface area contributed by atoms with E-state index >= 15 is 0 Å². The van der Waals surface area contributed by atoms with Gasteiger partial charge in [-0.15, -0.1) is 0 Å². The van der Waals surface area contributed by atoms with E-state index < -0.39 is 0 Å². The third-order valence-electron chi connectivity index (χ3n) is 4.99. The molecule has 3 rings (SSSR count). The fraction of sp³-hybridized carbons (Fsp3) is 0.474. The van der Waals surface area contributed by atoms with Gasteiger partial charge in [0.15, 0.2) is 0 Å². The fourth-order valence-electron chi connectivity index (χ4n) is 3.57. The monoisotopic (exact) mass is 326 g/mol. The molecule has 0 fully saturated rings. The van der Waals surface area contributed by atoms with Crippen LogP contribution < -0.4 is 5.32 Å². The van der Waals surface area contributed by atoms with Crippen molar-refractivity contribution in [3.63, 3.8) is 0 Å². The predicted octanol–water partition coefficient (Wildman–Crippen LogP) is 2.56. The minimum Gasteiger partial charge on any atom is -0.322 e. The van der Waals surface area contributed by atoms with Gasteiger partial charge in [-0.2, -0.15) is 5.10 Å². The van der Waals surface area contributed by atoms with Gasteiger partial charge < -0.3 is 5.32 Å². The van der Waals surface area contributed by atoms with Gasteiger partial charge in [-0.3, -0.25) is 14.4 Å². The summed E-state index contributed by atoms with van der Waals surface area (Å²) in [6.45, 7) is 7.19. The molecule has 0 unspecified atom stereocenters. The molecule has 0 saturated carbocycles. The first-order chi connectivity index (χ1) is 11.5. The van der Waals surface area contributed by atoms with Crippen LogP contribution in [0.2, 0.25) is 0 Å². The highest BCUT2D eigenvalue weighted by Gasteiger charge is 2.25. The molecular formula is C19H26N4O. The van der Waals surface area contributed by atoms with Gasteiger partial charge in [-0.1, -0.05) is 24.3 Å². The van der Waals surface area contributed by atoms with Gasteiger partial charge >= 0.3 is 0 Å². The number of aryl methyl sites for hydroxylation is 2. The number of carbonyl (C=O) groups excluding carboxylic acids is 1. The lowest BCUT2D eigenvalue weighted by molar-refractivity contribution is -0.117. The van der Waals surface area contributed by atoms with Crippen molar-refractivity contribution >= 4 is 11.6 Å². The van der Waals surface area contributed by atoms with Crippen molar-refractivity contribution in [1.82, 2.24) is 14.7 Å². The molecule has 0 spiro atoms. The van der Waals surface area contributed by atoms with E-state index in [1.165, 1.54) is 11.1 Å². The Labute approximate surface area is 143 Å². The summed E-state index contributed by atoms with van der Waals surface area (Å²) in [4.78, 5) is 14.6. The Morgan fingerprint density at radius 1 is 1.29 bits per heavy atom. The lowest BCUT2D eigenvalue weighted by Crippen LogP contribution is -2.38. The zero-order chi connectivity index (χ0) is 17.3. The first kappa shape index (κ1) is 16.7. The summed E-state index contributed by atoms with van der Waals surface area (Å²) in [6, 6.07) is 8.95. The van der Waals surface area contributed by atoms with Crippen LogP contribution >= 0.6 is 0 Å². The fourth-order valence-corrected chi connectivity index (χ4v) is 3.57. The average molecular weight is 326 g/mol. The lowest BCUT2D eigenvalue weighted by Gasteiger charge is -2.23. The number of hydrogen-bond acceptors (Lipinski definition) is 3. The van der Waals surface area contributed by atoms with Crippen LogP contribution in [0.3, 0.4) is 0 Å². The van der Waals surface area contributed by atoms with Crippen LogP contribution in [0, 0.1) is 13.8 Å². The SMILES string of the molecule is CCn1nc(C)c(NC(=O)CN(C)C2Cc3ccccc3C2)c1C. The number of nitrogens with one attached hydrogen (secondary N) is 1. The van der Waals surface area contributed by atoms with E-state index in [1.54, 1.807) is 0 Å². The van der Waals surface area contributed by atoms with Crippen LogP contribution in [-0.2, 0) is 24.2 Å². The molecule has 1 heterocycles. The Morgan fingerprint density at radius 2 is 1.92 bits per heavy atom. The van der Waals surface area contributed by atoms with Gasteiger partial charge in [0, 0.05) is 12.6 Å². The molecule has 2 aromatic rings. The Kier molecular flexibility index (Phi) is 4.71. The molecule has 0 atom stereocenters. The number of likely N-dealkylation sites (N-methyl/N-ethyl adjacent to an activating group) is 1. The zero-order valence-electron chi connectivity index (χ0n) is 15.0. The highest BCUT2D eigenvalue weighted by atomic mass is 16.2. The summed E-state index contributed by atoms with van der Waals surface area (Å²) in [5.41, 5.74) is 5.55. The van der Waals surface area contributed by atoms with Crippen molar-refractivity contribution in [2.75, 3.05) is 18.9 Å². The van der Waals surface area contributed by atoms with Crippen LogP contribution in [-0.4, -0.2) is 40.2 Å². The van der Waals surface area contributed by atoms with Crippen molar-refractivity contribution in [3.05, 3.63) is 46.8 Å². The van der Waals surface area contributed by atoms with Crippen molar-refractivity contribution in [3.8, 4) is 0 Å². The van der Waals surface area contributed by atoms with E-state index in [2.05, 4.69) is 46.5 Å². The number of nitrogens with zero attached hydrogens (tertiary/aromatic N) is 3. The second kappa shape index (κ2) is 6.77. The van der Waals surface area contributed by atoms with Crippen molar-refractivity contribution in [2.45, 2.75) is 46.2 Å². The van der Waals surface area contributed by atoms with Gasteiger partial charge in [0.05, 0.1) is 23.6 Å². The molecule has 1 aliphatic carbocycles. The molecule has 1 amide bonds. The second-order valence-electron chi connectivity index (χ2n) is 6.66. The second-order valence-corrected chi connectivity index (χ2v) is 6.66. The van der Waals surface area contributed by atoms with Crippen molar-refractivity contribution in [2.24, 2.45) is 0 Å². The maximum absolute atomic E-state index is 12.5. The van der Waals surface area contributed by atoms with E-state index in [0.29, 0.717) is 12.6 Å². The largest absolute Gasteiger partial charge is 0.322 e. The quantitative estimate of drug-likeness (QED) is 0.919. The molecule has 1 aromatic carbocycles. The highest BCUT2D eigenvalue weighted by molar-refractivity contribution is 5.93. The molecular weight excluding hydrogens is 300 g/mol. The number of rotatable bonds is 5. The Bertz CT molecular complexity index is 725. The first-order valence-corrected chi connectivity index (χ1v) is 8.60. The summed E-state index contributed by atoms with van der Waals surface area (Å²) in [5, 5.41) is 7.50. The van der Waals surface area contributed by atoms with E-state index in [1.807, 2.05) is 25.6 Å². The van der Waals surface area contributed by atoms with E-state index in [9.17, 15) is 4.79 Å². The standard InChI is InChI=1S/C19H26N4O/c1-5-23-14(3)19(13(2)21-23)20-18(24)12-22(4)17-10-15-8-6-7-9-16(15)11-17/h6-9,17H,5,10-12H2,1-4H3,(H,20,24). The molecule has 1 aliphatic rings. The minimum atomic E-state index is 0.0234. The zero-order valence-corrected chi connectivity index (χ0v) is 15.0. The number of fused-ring (bicyclic) bond motifs is 1. The van der Waals surface area contributed by atoms with Gasteiger partial charge in [0.1, 0.15) is 0 Å². The molecule has 5 nitrogen and oxygen atoms in total. The summed E-state index contributed by atoms with van der Waals surface area (Å²) < 4.78 is 1.92. The van der Waals surface area contributed by atoms with E-state index in [-0.39, 0.29) is 5.91 Å². The number of carbonyl (C=O) groups is 1. The smallest absolute Gasteiger partial charge is 0.238 e. The molecule has 128 valence electrons. The summed E-state index contributed by atoms with van der Waals surface area (Å²) in [7, 11) is 2.03.